The Morgan fingerprint density at radius 3 is 1.40 bits per heavy atom. The van der Waals surface area contributed by atoms with Gasteiger partial charge in [-0.25, -0.2) is 0 Å². The molecule has 1 rings (SSSR count). The van der Waals surface area contributed by atoms with Gasteiger partial charge < -0.3 is 0 Å². The molecule has 114 valence electrons. The first kappa shape index (κ1) is 17.6. The van der Waals surface area contributed by atoms with Crippen molar-refractivity contribution in [2.24, 2.45) is 0 Å². The zero-order valence-electron chi connectivity index (χ0n) is 11.0. The summed E-state index contributed by atoms with van der Waals surface area (Å²) in [5.74, 6) is -0.421. The minimum Gasteiger partial charge on any atom is -0.166 e. The van der Waals surface area contributed by atoms with Crippen molar-refractivity contribution in [2.45, 2.75) is 43.0 Å². The van der Waals surface area contributed by atoms with E-state index in [2.05, 4.69) is 0 Å². The van der Waals surface area contributed by atoms with Gasteiger partial charge in [0.2, 0.25) is 0 Å². The fourth-order valence-electron chi connectivity index (χ4n) is 1.91. The highest BCUT2D eigenvalue weighted by Crippen LogP contribution is 2.45. The maximum absolute atomic E-state index is 13.0. The van der Waals surface area contributed by atoms with E-state index in [0.717, 1.165) is 12.1 Å². The molecule has 0 aliphatic rings. The molecular formula is C13H13F6I. The highest BCUT2D eigenvalue weighted by molar-refractivity contribution is 14.1. The van der Waals surface area contributed by atoms with Crippen molar-refractivity contribution in [3.63, 3.8) is 0 Å². The van der Waals surface area contributed by atoms with Crippen molar-refractivity contribution in [3.8, 4) is 0 Å². The number of halogens is 7. The molecular weight excluding hydrogens is 397 g/mol. The summed E-state index contributed by atoms with van der Waals surface area (Å²) in [6, 6.07) is 1.65. The maximum atomic E-state index is 13.0. The number of hydrogen-bond donors (Lipinski definition) is 0. The predicted octanol–water partition coefficient (Wildman–Crippen LogP) is 6.34. The number of rotatable bonds is 2. The van der Waals surface area contributed by atoms with Crippen molar-refractivity contribution in [3.05, 3.63) is 34.4 Å². The Morgan fingerprint density at radius 2 is 1.20 bits per heavy atom. The normalized spacial score (nSPS) is 14.8. The molecule has 7 heteroatoms. The molecule has 0 saturated heterocycles. The molecule has 0 nitrogen and oxygen atoms in total. The van der Waals surface area contributed by atoms with E-state index in [1.807, 2.05) is 0 Å². The van der Waals surface area contributed by atoms with Crippen LogP contribution in [0.2, 0.25) is 0 Å². The largest absolute Gasteiger partial charge is 0.416 e. The molecule has 0 aromatic heterocycles. The lowest BCUT2D eigenvalue weighted by molar-refractivity contribution is -0.144. The molecule has 0 heterocycles. The molecule has 20 heavy (non-hydrogen) atoms. The molecule has 0 N–H and O–H groups in total. The highest BCUT2D eigenvalue weighted by atomic mass is 127. The van der Waals surface area contributed by atoms with Crippen LogP contribution < -0.4 is 0 Å². The Balaban J connectivity index is 3.77. The zero-order valence-corrected chi connectivity index (χ0v) is 13.1. The third-order valence-electron chi connectivity index (χ3n) is 2.88. The van der Waals surface area contributed by atoms with Crippen LogP contribution in [0.5, 0.6) is 0 Å². The van der Waals surface area contributed by atoms with Gasteiger partial charge in [-0.05, 0) is 36.1 Å². The van der Waals surface area contributed by atoms with Crippen LogP contribution in [-0.4, -0.2) is 0 Å². The van der Waals surface area contributed by atoms with Gasteiger partial charge in [0.15, 0.2) is 0 Å². The predicted molar refractivity (Wildman–Crippen MR) is 73.0 cm³/mol. The smallest absolute Gasteiger partial charge is 0.166 e. The summed E-state index contributed by atoms with van der Waals surface area (Å²) in [6.45, 7) is 4.43. The summed E-state index contributed by atoms with van der Waals surface area (Å²) in [7, 11) is 0. The van der Waals surface area contributed by atoms with Crippen molar-refractivity contribution in [2.75, 3.05) is 0 Å². The molecule has 0 radical (unpaired) electrons. The summed E-state index contributed by atoms with van der Waals surface area (Å²) in [4.78, 5) is 0. The molecule has 0 saturated carbocycles. The van der Waals surface area contributed by atoms with Gasteiger partial charge in [0, 0.05) is 3.92 Å². The second kappa shape index (κ2) is 5.73. The molecule has 0 amide bonds. The van der Waals surface area contributed by atoms with Gasteiger partial charge in [-0.1, -0.05) is 36.4 Å². The average Bonchev–Trinajstić information content (AvgIpc) is 2.24. The van der Waals surface area contributed by atoms with Crippen molar-refractivity contribution < 1.29 is 26.3 Å². The van der Waals surface area contributed by atoms with Crippen LogP contribution in [0, 0.1) is 0 Å². The fourth-order valence-corrected chi connectivity index (χ4v) is 2.58. The zero-order chi connectivity index (χ0) is 15.9. The van der Waals surface area contributed by atoms with E-state index in [1.165, 1.54) is 6.92 Å². The van der Waals surface area contributed by atoms with Gasteiger partial charge in [0.25, 0.3) is 0 Å². The molecule has 0 aliphatic heterocycles. The van der Waals surface area contributed by atoms with E-state index in [0.29, 0.717) is 0 Å². The molecule has 0 spiro atoms. The van der Waals surface area contributed by atoms with Gasteiger partial charge in [0.1, 0.15) is 0 Å². The Bertz CT molecular complexity index is 450. The molecule has 1 aromatic rings. The van der Waals surface area contributed by atoms with Gasteiger partial charge in [0.05, 0.1) is 11.1 Å². The molecule has 0 aliphatic carbocycles. The first-order valence-electron chi connectivity index (χ1n) is 5.82. The van der Waals surface area contributed by atoms with E-state index in [-0.39, 0.29) is 5.56 Å². The third kappa shape index (κ3) is 3.79. The summed E-state index contributed by atoms with van der Waals surface area (Å²) in [6.07, 6.45) is -9.61. The lowest BCUT2D eigenvalue weighted by atomic mass is 9.91. The second-order valence-corrected chi connectivity index (χ2v) is 6.66. The lowest BCUT2D eigenvalue weighted by Gasteiger charge is -2.23. The average molecular weight is 410 g/mol. The van der Waals surface area contributed by atoms with Crippen LogP contribution in [0.25, 0.3) is 0 Å². The van der Waals surface area contributed by atoms with Crippen molar-refractivity contribution in [1.29, 1.82) is 0 Å². The van der Waals surface area contributed by atoms with Crippen LogP contribution >= 0.6 is 22.6 Å². The van der Waals surface area contributed by atoms with E-state index in [1.54, 1.807) is 36.4 Å². The first-order valence-corrected chi connectivity index (χ1v) is 7.06. The van der Waals surface area contributed by atoms with Gasteiger partial charge in [-0.3, -0.25) is 0 Å². The highest BCUT2D eigenvalue weighted by Gasteiger charge is 2.42. The van der Waals surface area contributed by atoms with Crippen LogP contribution in [0.1, 0.15) is 52.9 Å². The second-order valence-electron chi connectivity index (χ2n) is 4.80. The quantitative estimate of drug-likeness (QED) is 0.303. The lowest BCUT2D eigenvalue weighted by Crippen LogP contribution is -2.18. The van der Waals surface area contributed by atoms with E-state index in [4.69, 9.17) is 0 Å². The first-order chi connectivity index (χ1) is 8.85. The van der Waals surface area contributed by atoms with Gasteiger partial charge in [-0.15, -0.1) is 0 Å². The Hall–Kier alpha value is -0.470. The number of hydrogen-bond acceptors (Lipinski definition) is 0. The summed E-state index contributed by atoms with van der Waals surface area (Å²) >= 11 is 1.57. The van der Waals surface area contributed by atoms with E-state index < -0.39 is 38.9 Å². The Morgan fingerprint density at radius 1 is 0.850 bits per heavy atom. The molecule has 0 bridgehead atoms. The van der Waals surface area contributed by atoms with Crippen LogP contribution in [0.3, 0.4) is 0 Å². The monoisotopic (exact) mass is 410 g/mol. The molecule has 1 atom stereocenters. The topological polar surface area (TPSA) is 0 Å². The molecule has 1 unspecified atom stereocenters. The van der Waals surface area contributed by atoms with Gasteiger partial charge in [-0.2, -0.15) is 26.3 Å². The van der Waals surface area contributed by atoms with E-state index >= 15 is 0 Å². The maximum Gasteiger partial charge on any atom is 0.416 e. The van der Waals surface area contributed by atoms with Gasteiger partial charge >= 0.3 is 12.4 Å². The molecule has 0 fully saturated rings. The summed E-state index contributed by atoms with van der Waals surface area (Å²) < 4.78 is 77.4. The standard InChI is InChI=1S/C13H13F6I/c1-6(2)8-4-9(12(14,15)16)11(7(3)20)10(5-8)13(17,18)19/h4-7H,1-3H3. The van der Waals surface area contributed by atoms with Crippen LogP contribution in [-0.2, 0) is 12.4 Å². The summed E-state index contributed by atoms with van der Waals surface area (Å²) in [5, 5.41) is 0. The Labute approximate surface area is 126 Å². The molecule has 1 aromatic carbocycles. The van der Waals surface area contributed by atoms with E-state index in [9.17, 15) is 26.3 Å². The third-order valence-corrected chi connectivity index (χ3v) is 3.50. The van der Waals surface area contributed by atoms with Crippen molar-refractivity contribution >= 4 is 22.6 Å². The number of benzene rings is 1. The van der Waals surface area contributed by atoms with Crippen LogP contribution in [0.15, 0.2) is 12.1 Å². The summed E-state index contributed by atoms with van der Waals surface area (Å²) in [5.41, 5.74) is -3.06. The minimum absolute atomic E-state index is 0.0328. The number of alkyl halides is 7. The minimum atomic E-state index is -4.81. The van der Waals surface area contributed by atoms with Crippen molar-refractivity contribution in [1.82, 2.24) is 0 Å². The van der Waals surface area contributed by atoms with Crippen LogP contribution in [0.4, 0.5) is 26.3 Å². The Kier molecular flexibility index (Phi) is 5.04. The SMILES string of the molecule is CC(C)c1cc(C(F)(F)F)c(C(C)I)c(C(F)(F)F)c1. The fraction of sp³-hybridized carbons (Fsp3) is 0.538.